The van der Waals surface area contributed by atoms with E-state index in [1.54, 1.807) is 17.0 Å². The number of nitrogens with zero attached hydrogens (tertiary/aromatic N) is 2. The second-order valence-corrected chi connectivity index (χ2v) is 14.2. The van der Waals surface area contributed by atoms with Gasteiger partial charge in [-0.3, -0.25) is 13.9 Å². The van der Waals surface area contributed by atoms with E-state index in [0.29, 0.717) is 18.5 Å². The summed E-state index contributed by atoms with van der Waals surface area (Å²) in [6.45, 7) is 8.07. The van der Waals surface area contributed by atoms with Crippen molar-refractivity contribution in [1.29, 1.82) is 0 Å². The van der Waals surface area contributed by atoms with Crippen LogP contribution in [0.1, 0.15) is 50.3 Å². The highest BCUT2D eigenvalue weighted by molar-refractivity contribution is 9.10. The Balaban J connectivity index is 1.89. The van der Waals surface area contributed by atoms with Crippen LogP contribution in [0.5, 0.6) is 0 Å². The monoisotopic (exact) mass is 641 g/mol. The van der Waals surface area contributed by atoms with Gasteiger partial charge in [0.2, 0.25) is 21.8 Å². The predicted octanol–water partition coefficient (Wildman–Crippen LogP) is 5.86. The van der Waals surface area contributed by atoms with Crippen molar-refractivity contribution in [3.05, 3.63) is 100 Å². The molecule has 0 unspecified atom stereocenters. The second kappa shape index (κ2) is 14.1. The highest BCUT2D eigenvalue weighted by atomic mass is 79.9. The van der Waals surface area contributed by atoms with Gasteiger partial charge >= 0.3 is 0 Å². The lowest BCUT2D eigenvalue weighted by Gasteiger charge is -2.34. The van der Waals surface area contributed by atoms with E-state index >= 15 is 0 Å². The molecule has 1 atom stereocenters. The van der Waals surface area contributed by atoms with Crippen LogP contribution in [0.25, 0.3) is 0 Å². The maximum absolute atomic E-state index is 13.9. The third-order valence-corrected chi connectivity index (χ3v) is 8.23. The van der Waals surface area contributed by atoms with Gasteiger partial charge in [-0.25, -0.2) is 8.42 Å². The lowest BCUT2D eigenvalue weighted by molar-refractivity contribution is -0.142. The fourth-order valence-corrected chi connectivity index (χ4v) is 5.74. The number of amides is 2. The molecule has 0 fully saturated rings. The van der Waals surface area contributed by atoms with E-state index in [0.717, 1.165) is 21.2 Å². The van der Waals surface area contributed by atoms with Crippen molar-refractivity contribution in [1.82, 2.24) is 10.2 Å². The fourth-order valence-electron chi connectivity index (χ4n) is 4.51. The molecule has 3 rings (SSSR count). The Morgan fingerprint density at radius 3 is 2.07 bits per heavy atom. The van der Waals surface area contributed by atoms with E-state index in [1.165, 1.54) is 10.6 Å². The Morgan fingerprint density at radius 1 is 0.902 bits per heavy atom. The summed E-state index contributed by atoms with van der Waals surface area (Å²) in [6.07, 6.45) is 1.91. The smallest absolute Gasteiger partial charge is 0.243 e. The minimum atomic E-state index is -3.55. The molecule has 0 aliphatic rings. The van der Waals surface area contributed by atoms with Gasteiger partial charge in [0.1, 0.15) is 6.04 Å². The van der Waals surface area contributed by atoms with Crippen LogP contribution in [0.3, 0.4) is 0 Å². The van der Waals surface area contributed by atoms with Crippen LogP contribution >= 0.6 is 15.9 Å². The van der Waals surface area contributed by atoms with Crippen molar-refractivity contribution in [3.63, 3.8) is 0 Å². The second-order valence-electron chi connectivity index (χ2n) is 11.4. The van der Waals surface area contributed by atoms with Crippen molar-refractivity contribution in [2.45, 2.75) is 65.1 Å². The molecule has 0 saturated heterocycles. The first kappa shape index (κ1) is 32.3. The quantitative estimate of drug-likeness (QED) is 0.268. The fraction of sp³-hybridized carbons (Fsp3) is 0.375. The number of halogens is 1. The SMILES string of the molecule is Cc1ccc(N(CCCC(=O)N(Cc2ccc(Br)cc2)[C@H](Cc2ccccc2)C(=O)NC(C)(C)C)S(C)(=O)=O)cc1. The van der Waals surface area contributed by atoms with Crippen LogP contribution in [-0.2, 0) is 32.6 Å². The van der Waals surface area contributed by atoms with Gasteiger partial charge in [0, 0.05) is 35.9 Å². The van der Waals surface area contributed by atoms with Gasteiger partial charge in [-0.2, -0.15) is 0 Å². The number of hydrogen-bond donors (Lipinski definition) is 1. The summed E-state index contributed by atoms with van der Waals surface area (Å²) < 4.78 is 27.4. The Labute approximate surface area is 253 Å². The zero-order chi connectivity index (χ0) is 30.2. The van der Waals surface area contributed by atoms with E-state index in [1.807, 2.05) is 94.4 Å². The van der Waals surface area contributed by atoms with E-state index in [-0.39, 0.29) is 31.3 Å². The summed E-state index contributed by atoms with van der Waals surface area (Å²) in [7, 11) is -3.55. The zero-order valence-electron chi connectivity index (χ0n) is 24.4. The van der Waals surface area contributed by atoms with E-state index in [4.69, 9.17) is 0 Å². The lowest BCUT2D eigenvalue weighted by atomic mass is 10.00. The van der Waals surface area contributed by atoms with Gasteiger partial charge in [-0.15, -0.1) is 0 Å². The van der Waals surface area contributed by atoms with Crippen molar-refractivity contribution in [2.75, 3.05) is 17.1 Å². The highest BCUT2D eigenvalue weighted by Gasteiger charge is 2.32. The summed E-state index contributed by atoms with van der Waals surface area (Å²) in [6, 6.07) is 23.8. The number of rotatable bonds is 12. The van der Waals surface area contributed by atoms with Gasteiger partial charge in [0.25, 0.3) is 0 Å². The van der Waals surface area contributed by atoms with Gasteiger partial charge in [0.05, 0.1) is 11.9 Å². The maximum atomic E-state index is 13.9. The molecule has 0 radical (unpaired) electrons. The Kier molecular flexibility index (Phi) is 11.2. The molecule has 0 aliphatic heterocycles. The summed E-state index contributed by atoms with van der Waals surface area (Å²) in [4.78, 5) is 29.2. The molecular weight excluding hydrogens is 602 g/mol. The topological polar surface area (TPSA) is 86.8 Å². The molecule has 2 amide bonds. The summed E-state index contributed by atoms with van der Waals surface area (Å²) in [5, 5.41) is 3.06. The number of carbonyl (C=O) groups excluding carboxylic acids is 2. The summed E-state index contributed by atoms with van der Waals surface area (Å²) in [5.41, 5.74) is 2.93. The Hall–Kier alpha value is -3.17. The van der Waals surface area contributed by atoms with Gasteiger partial charge in [0.15, 0.2) is 0 Å². The molecule has 3 aromatic rings. The number of hydrogen-bond acceptors (Lipinski definition) is 4. The number of anilines is 1. The van der Waals surface area contributed by atoms with Gasteiger partial charge in [-0.1, -0.05) is 76.1 Å². The minimum Gasteiger partial charge on any atom is -0.350 e. The van der Waals surface area contributed by atoms with Gasteiger partial charge < -0.3 is 10.2 Å². The van der Waals surface area contributed by atoms with Crippen LogP contribution in [0.2, 0.25) is 0 Å². The molecule has 9 heteroatoms. The zero-order valence-corrected chi connectivity index (χ0v) is 26.8. The maximum Gasteiger partial charge on any atom is 0.243 e. The molecule has 0 aliphatic carbocycles. The normalized spacial score (nSPS) is 12.4. The summed E-state index contributed by atoms with van der Waals surface area (Å²) in [5.74, 6) is -0.445. The Morgan fingerprint density at radius 2 is 1.51 bits per heavy atom. The first-order chi connectivity index (χ1) is 19.2. The third-order valence-electron chi connectivity index (χ3n) is 6.51. The molecule has 0 spiro atoms. The average molecular weight is 643 g/mol. The van der Waals surface area contributed by atoms with Crippen LogP contribution < -0.4 is 9.62 Å². The van der Waals surface area contributed by atoms with E-state index < -0.39 is 21.6 Å². The molecular formula is C32H40BrN3O4S. The highest BCUT2D eigenvalue weighted by Crippen LogP contribution is 2.21. The molecule has 7 nitrogen and oxygen atoms in total. The standard InChI is InChI=1S/C32H40BrN3O4S/c1-24-13-19-28(20-14-24)36(41(5,39)40)21-9-12-30(37)35(23-26-15-17-27(33)18-16-26)29(31(38)34-32(2,3)4)22-25-10-7-6-8-11-25/h6-8,10-11,13-20,29H,9,12,21-23H2,1-5H3,(H,34,38)/t29-/m1/s1. The number of nitrogens with one attached hydrogen (secondary N) is 1. The number of carbonyl (C=O) groups is 2. The minimum absolute atomic E-state index is 0.0858. The van der Waals surface area contributed by atoms with E-state index in [9.17, 15) is 18.0 Å². The van der Waals surface area contributed by atoms with Crippen LogP contribution in [-0.4, -0.2) is 49.5 Å². The van der Waals surface area contributed by atoms with Gasteiger partial charge in [-0.05, 0) is 69.5 Å². The largest absolute Gasteiger partial charge is 0.350 e. The Bertz CT molecular complexity index is 1400. The molecule has 3 aromatic carbocycles. The van der Waals surface area contributed by atoms with Crippen molar-refractivity contribution >= 4 is 43.5 Å². The van der Waals surface area contributed by atoms with Crippen LogP contribution in [0, 0.1) is 6.92 Å². The predicted molar refractivity (Wildman–Crippen MR) is 169 cm³/mol. The summed E-state index contributed by atoms with van der Waals surface area (Å²) >= 11 is 3.46. The van der Waals surface area contributed by atoms with Crippen molar-refractivity contribution in [3.8, 4) is 0 Å². The first-order valence-corrected chi connectivity index (χ1v) is 16.3. The molecule has 1 N–H and O–H groups in total. The lowest BCUT2D eigenvalue weighted by Crippen LogP contribution is -2.54. The molecule has 220 valence electrons. The average Bonchev–Trinajstić information content (AvgIpc) is 2.89. The third kappa shape index (κ3) is 10.3. The van der Waals surface area contributed by atoms with E-state index in [2.05, 4.69) is 21.2 Å². The first-order valence-electron chi connectivity index (χ1n) is 13.7. The molecule has 0 saturated carbocycles. The van der Waals surface area contributed by atoms with Crippen LogP contribution in [0.4, 0.5) is 5.69 Å². The number of benzene rings is 3. The molecule has 0 bridgehead atoms. The van der Waals surface area contributed by atoms with Crippen molar-refractivity contribution in [2.24, 2.45) is 0 Å². The van der Waals surface area contributed by atoms with Crippen molar-refractivity contribution < 1.29 is 18.0 Å². The molecule has 0 heterocycles. The molecule has 41 heavy (non-hydrogen) atoms. The van der Waals surface area contributed by atoms with Crippen LogP contribution in [0.15, 0.2) is 83.3 Å². The number of aryl methyl sites for hydroxylation is 1. The number of sulfonamides is 1. The molecule has 0 aromatic heterocycles.